The van der Waals surface area contributed by atoms with Gasteiger partial charge in [-0.05, 0) is 31.5 Å². The van der Waals surface area contributed by atoms with Crippen LogP contribution in [0.4, 0.5) is 5.69 Å². The molecule has 6 heteroatoms. The lowest BCUT2D eigenvalue weighted by atomic mass is 10.1. The average Bonchev–Trinajstić information content (AvgIpc) is 3.24. The Balaban J connectivity index is 1.79. The molecule has 1 aliphatic rings. The van der Waals surface area contributed by atoms with Crippen molar-refractivity contribution in [2.75, 3.05) is 18.0 Å². The van der Waals surface area contributed by atoms with Crippen LogP contribution < -0.4 is 10.6 Å². The van der Waals surface area contributed by atoms with Crippen molar-refractivity contribution in [3.63, 3.8) is 0 Å². The number of anilines is 1. The molecule has 1 aromatic heterocycles. The quantitative estimate of drug-likeness (QED) is 0.911. The van der Waals surface area contributed by atoms with Gasteiger partial charge in [-0.15, -0.1) is 0 Å². The van der Waals surface area contributed by atoms with E-state index in [1.54, 1.807) is 15.9 Å². The second-order valence-electron chi connectivity index (χ2n) is 5.73. The standard InChI is InChI=1S/C18H21N3O3/c1-2-20(17(22)13-10-15(11-19)24-12-13)16-8-9-21(18(16)23)14-6-4-3-5-7-14/h3-7,10,12,16H,2,8-9,11,19H2,1H3. The van der Waals surface area contributed by atoms with Crippen molar-refractivity contribution in [3.8, 4) is 0 Å². The van der Waals surface area contributed by atoms with Crippen LogP contribution in [0.5, 0.6) is 0 Å². The SMILES string of the molecule is CCN(C(=O)c1coc(CN)c1)C1CCN(c2ccccc2)C1=O. The molecule has 1 aromatic carbocycles. The normalized spacial score (nSPS) is 17.3. The zero-order chi connectivity index (χ0) is 17.1. The summed E-state index contributed by atoms with van der Waals surface area (Å²) in [4.78, 5) is 28.9. The Kier molecular flexibility index (Phi) is 4.66. The Hall–Kier alpha value is -2.60. The van der Waals surface area contributed by atoms with Gasteiger partial charge in [0.25, 0.3) is 5.91 Å². The van der Waals surface area contributed by atoms with Gasteiger partial charge in [-0.2, -0.15) is 0 Å². The number of amides is 2. The third kappa shape index (κ3) is 2.92. The predicted octanol–water partition coefficient (Wildman–Crippen LogP) is 2.01. The first-order valence-electron chi connectivity index (χ1n) is 8.10. The van der Waals surface area contributed by atoms with Crippen LogP contribution in [0.2, 0.25) is 0 Å². The molecule has 3 rings (SSSR count). The van der Waals surface area contributed by atoms with Gasteiger partial charge in [0.05, 0.1) is 12.1 Å². The van der Waals surface area contributed by atoms with E-state index >= 15 is 0 Å². The van der Waals surface area contributed by atoms with Gasteiger partial charge >= 0.3 is 0 Å². The number of hydrogen-bond donors (Lipinski definition) is 1. The highest BCUT2D eigenvalue weighted by Gasteiger charge is 2.38. The summed E-state index contributed by atoms with van der Waals surface area (Å²) in [6.45, 7) is 3.18. The minimum Gasteiger partial charge on any atom is -0.467 e. The van der Waals surface area contributed by atoms with Crippen LogP contribution in [-0.4, -0.2) is 35.8 Å². The zero-order valence-corrected chi connectivity index (χ0v) is 13.6. The predicted molar refractivity (Wildman–Crippen MR) is 90.5 cm³/mol. The Bertz CT molecular complexity index is 726. The zero-order valence-electron chi connectivity index (χ0n) is 13.6. The number of rotatable bonds is 5. The van der Waals surface area contributed by atoms with Gasteiger partial charge in [-0.25, -0.2) is 0 Å². The van der Waals surface area contributed by atoms with Crippen molar-refractivity contribution in [1.29, 1.82) is 0 Å². The third-order valence-corrected chi connectivity index (χ3v) is 4.32. The molecule has 126 valence electrons. The van der Waals surface area contributed by atoms with E-state index in [0.717, 1.165) is 5.69 Å². The van der Waals surface area contributed by atoms with E-state index in [0.29, 0.717) is 30.8 Å². The molecule has 24 heavy (non-hydrogen) atoms. The maximum absolute atomic E-state index is 12.8. The maximum atomic E-state index is 12.8. The lowest BCUT2D eigenvalue weighted by molar-refractivity contribution is -0.120. The number of furan rings is 1. The maximum Gasteiger partial charge on any atom is 0.257 e. The van der Waals surface area contributed by atoms with Crippen molar-refractivity contribution in [3.05, 3.63) is 54.0 Å². The summed E-state index contributed by atoms with van der Waals surface area (Å²) < 4.78 is 5.24. The van der Waals surface area contributed by atoms with Crippen LogP contribution in [-0.2, 0) is 11.3 Å². The molecule has 0 spiro atoms. The molecule has 1 atom stereocenters. The summed E-state index contributed by atoms with van der Waals surface area (Å²) in [6, 6.07) is 10.7. The summed E-state index contributed by atoms with van der Waals surface area (Å²) in [5, 5.41) is 0. The van der Waals surface area contributed by atoms with E-state index < -0.39 is 6.04 Å². The van der Waals surface area contributed by atoms with Crippen molar-refractivity contribution >= 4 is 17.5 Å². The smallest absolute Gasteiger partial charge is 0.257 e. The number of carbonyl (C=O) groups excluding carboxylic acids is 2. The highest BCUT2D eigenvalue weighted by molar-refractivity contribution is 6.03. The largest absolute Gasteiger partial charge is 0.467 e. The van der Waals surface area contributed by atoms with E-state index in [1.807, 2.05) is 37.3 Å². The van der Waals surface area contributed by atoms with Crippen LogP contribution >= 0.6 is 0 Å². The summed E-state index contributed by atoms with van der Waals surface area (Å²) in [5.41, 5.74) is 6.82. The first kappa shape index (κ1) is 16.3. The summed E-state index contributed by atoms with van der Waals surface area (Å²) in [7, 11) is 0. The molecule has 2 aromatic rings. The highest BCUT2D eigenvalue weighted by Crippen LogP contribution is 2.25. The molecule has 6 nitrogen and oxygen atoms in total. The molecular formula is C18H21N3O3. The molecular weight excluding hydrogens is 306 g/mol. The number of benzene rings is 1. The van der Waals surface area contributed by atoms with Crippen molar-refractivity contribution in [2.24, 2.45) is 5.73 Å². The Morgan fingerprint density at radius 1 is 1.38 bits per heavy atom. The first-order valence-corrected chi connectivity index (χ1v) is 8.10. The van der Waals surface area contributed by atoms with Crippen LogP contribution in [0.25, 0.3) is 0 Å². The Morgan fingerprint density at radius 2 is 2.12 bits per heavy atom. The topological polar surface area (TPSA) is 79.8 Å². The minimum atomic E-state index is -0.445. The second kappa shape index (κ2) is 6.88. The molecule has 1 fully saturated rings. The van der Waals surface area contributed by atoms with E-state index in [-0.39, 0.29) is 18.4 Å². The van der Waals surface area contributed by atoms with E-state index in [9.17, 15) is 9.59 Å². The number of para-hydroxylation sites is 1. The fourth-order valence-electron chi connectivity index (χ4n) is 3.09. The lowest BCUT2D eigenvalue weighted by Crippen LogP contribution is -2.45. The number of nitrogens with two attached hydrogens (primary N) is 1. The fraction of sp³-hybridized carbons (Fsp3) is 0.333. The van der Waals surface area contributed by atoms with Gasteiger partial charge < -0.3 is 20.0 Å². The first-order chi connectivity index (χ1) is 11.7. The van der Waals surface area contributed by atoms with E-state index in [1.165, 1.54) is 6.26 Å². The number of carbonyl (C=O) groups is 2. The molecule has 0 saturated carbocycles. The van der Waals surface area contributed by atoms with Gasteiger partial charge in [0.2, 0.25) is 5.91 Å². The number of hydrogen-bond acceptors (Lipinski definition) is 4. The van der Waals surface area contributed by atoms with Gasteiger partial charge in [0.1, 0.15) is 18.1 Å². The molecule has 2 N–H and O–H groups in total. The van der Waals surface area contributed by atoms with E-state index in [4.69, 9.17) is 10.2 Å². The van der Waals surface area contributed by atoms with Gasteiger partial charge in [-0.3, -0.25) is 9.59 Å². The van der Waals surface area contributed by atoms with Gasteiger partial charge in [0, 0.05) is 18.8 Å². The number of nitrogens with zero attached hydrogens (tertiary/aromatic N) is 2. The molecule has 1 aliphatic heterocycles. The Morgan fingerprint density at radius 3 is 2.75 bits per heavy atom. The summed E-state index contributed by atoms with van der Waals surface area (Å²) in [6.07, 6.45) is 2.02. The molecule has 2 heterocycles. The summed E-state index contributed by atoms with van der Waals surface area (Å²) in [5.74, 6) is 0.311. The molecule has 0 bridgehead atoms. The average molecular weight is 327 g/mol. The molecule has 1 unspecified atom stereocenters. The molecule has 1 saturated heterocycles. The van der Waals surface area contributed by atoms with E-state index in [2.05, 4.69) is 0 Å². The monoisotopic (exact) mass is 327 g/mol. The van der Waals surface area contributed by atoms with Crippen LogP contribution in [0, 0.1) is 0 Å². The third-order valence-electron chi connectivity index (χ3n) is 4.32. The number of likely N-dealkylation sites (N-methyl/N-ethyl adjacent to an activating group) is 1. The highest BCUT2D eigenvalue weighted by atomic mass is 16.3. The van der Waals surface area contributed by atoms with Crippen LogP contribution in [0.15, 0.2) is 47.1 Å². The van der Waals surface area contributed by atoms with Crippen molar-refractivity contribution < 1.29 is 14.0 Å². The van der Waals surface area contributed by atoms with Crippen LogP contribution in [0.1, 0.15) is 29.5 Å². The minimum absolute atomic E-state index is 0.0426. The van der Waals surface area contributed by atoms with Crippen LogP contribution in [0.3, 0.4) is 0 Å². The summed E-state index contributed by atoms with van der Waals surface area (Å²) >= 11 is 0. The molecule has 2 amide bonds. The van der Waals surface area contributed by atoms with Crippen molar-refractivity contribution in [1.82, 2.24) is 4.90 Å². The lowest BCUT2D eigenvalue weighted by Gasteiger charge is -2.26. The second-order valence-corrected chi connectivity index (χ2v) is 5.73. The van der Waals surface area contributed by atoms with Gasteiger partial charge in [0.15, 0.2) is 0 Å². The van der Waals surface area contributed by atoms with Gasteiger partial charge in [-0.1, -0.05) is 18.2 Å². The molecule has 0 aliphatic carbocycles. The molecule has 0 radical (unpaired) electrons. The Labute approximate surface area is 140 Å². The fourth-order valence-corrected chi connectivity index (χ4v) is 3.09. The van der Waals surface area contributed by atoms with Crippen molar-refractivity contribution in [2.45, 2.75) is 25.9 Å².